The number of urea groups is 1. The fourth-order valence-electron chi connectivity index (χ4n) is 1.50. The number of carboxylic acid groups (broad SMARTS) is 1. The van der Waals surface area contributed by atoms with Gasteiger partial charge in [0.1, 0.15) is 0 Å². The van der Waals surface area contributed by atoms with Crippen molar-refractivity contribution in [3.63, 3.8) is 0 Å². The number of halogens is 1. The lowest BCUT2D eigenvalue weighted by Gasteiger charge is -2.21. The molecule has 7 nitrogen and oxygen atoms in total. The zero-order chi connectivity index (χ0) is 15.1. The van der Waals surface area contributed by atoms with Crippen LogP contribution in [0.5, 0.6) is 0 Å². The summed E-state index contributed by atoms with van der Waals surface area (Å²) in [7, 11) is 0. The minimum absolute atomic E-state index is 0.00979. The number of aliphatic hydroxyl groups is 2. The van der Waals surface area contributed by atoms with Crippen molar-refractivity contribution < 1.29 is 24.9 Å². The van der Waals surface area contributed by atoms with E-state index in [-0.39, 0.29) is 42.6 Å². The van der Waals surface area contributed by atoms with E-state index in [1.165, 1.54) is 23.1 Å². The Hall–Kier alpha value is -1.83. The number of hydrogen-bond acceptors (Lipinski definition) is 4. The number of carbonyl (C=O) groups is 2. The van der Waals surface area contributed by atoms with Crippen LogP contribution >= 0.6 is 11.6 Å². The highest BCUT2D eigenvalue weighted by atomic mass is 35.5. The predicted molar refractivity (Wildman–Crippen MR) is 73.2 cm³/mol. The van der Waals surface area contributed by atoms with E-state index < -0.39 is 12.0 Å². The molecule has 0 unspecified atom stereocenters. The lowest BCUT2D eigenvalue weighted by atomic mass is 10.2. The average Bonchev–Trinajstić information content (AvgIpc) is 2.40. The number of benzene rings is 1. The van der Waals surface area contributed by atoms with Crippen LogP contribution in [0.25, 0.3) is 0 Å². The molecule has 0 bridgehead atoms. The summed E-state index contributed by atoms with van der Waals surface area (Å²) in [5.41, 5.74) is 0.262. The zero-order valence-corrected chi connectivity index (χ0v) is 11.3. The Kier molecular flexibility index (Phi) is 6.23. The third-order valence-corrected chi connectivity index (χ3v) is 2.80. The number of rotatable bonds is 6. The van der Waals surface area contributed by atoms with Crippen LogP contribution in [-0.2, 0) is 0 Å². The van der Waals surface area contributed by atoms with Gasteiger partial charge < -0.3 is 25.5 Å². The highest BCUT2D eigenvalue weighted by Gasteiger charge is 2.14. The van der Waals surface area contributed by atoms with Crippen molar-refractivity contribution in [3.05, 3.63) is 28.8 Å². The second kappa shape index (κ2) is 7.68. The van der Waals surface area contributed by atoms with Gasteiger partial charge in [0.25, 0.3) is 0 Å². The second-order valence-corrected chi connectivity index (χ2v) is 4.27. The SMILES string of the molecule is O=C(O)c1ccc(NC(=O)N(CCO)CCO)c(Cl)c1. The van der Waals surface area contributed by atoms with Gasteiger partial charge in [0.15, 0.2) is 0 Å². The maximum absolute atomic E-state index is 11.9. The van der Waals surface area contributed by atoms with Crippen LogP contribution < -0.4 is 5.32 Å². The summed E-state index contributed by atoms with van der Waals surface area (Å²) in [4.78, 5) is 23.8. The number of nitrogens with one attached hydrogen (secondary N) is 1. The fraction of sp³-hybridized carbons (Fsp3) is 0.333. The van der Waals surface area contributed by atoms with Gasteiger partial charge in [-0.05, 0) is 18.2 Å². The van der Waals surface area contributed by atoms with Gasteiger partial charge in [0, 0.05) is 13.1 Å². The largest absolute Gasteiger partial charge is 0.478 e. The molecular weight excluding hydrogens is 288 g/mol. The molecule has 4 N–H and O–H groups in total. The van der Waals surface area contributed by atoms with Crippen molar-refractivity contribution in [1.29, 1.82) is 0 Å². The first-order chi connectivity index (χ1) is 9.49. The molecule has 0 aliphatic heterocycles. The van der Waals surface area contributed by atoms with Gasteiger partial charge in [-0.2, -0.15) is 0 Å². The topological polar surface area (TPSA) is 110 Å². The molecule has 0 saturated heterocycles. The molecule has 1 aromatic carbocycles. The molecule has 110 valence electrons. The molecule has 1 aromatic rings. The molecular formula is C12H15ClN2O5. The van der Waals surface area contributed by atoms with Gasteiger partial charge in [0.05, 0.1) is 29.5 Å². The van der Waals surface area contributed by atoms with E-state index in [0.29, 0.717) is 0 Å². The summed E-state index contributed by atoms with van der Waals surface area (Å²) >= 11 is 5.88. The molecule has 2 amide bonds. The maximum Gasteiger partial charge on any atom is 0.335 e. The highest BCUT2D eigenvalue weighted by molar-refractivity contribution is 6.34. The molecule has 0 saturated carbocycles. The standard InChI is InChI=1S/C12H15ClN2O5/c13-9-7-8(11(18)19)1-2-10(9)14-12(20)15(3-5-16)4-6-17/h1-2,7,16-17H,3-6H2,(H,14,20)(H,18,19). The minimum atomic E-state index is -1.12. The fourth-order valence-corrected chi connectivity index (χ4v) is 1.73. The van der Waals surface area contributed by atoms with E-state index in [2.05, 4.69) is 5.32 Å². The average molecular weight is 303 g/mol. The van der Waals surface area contributed by atoms with Crippen LogP contribution in [0.15, 0.2) is 18.2 Å². The zero-order valence-electron chi connectivity index (χ0n) is 10.5. The molecule has 0 aliphatic carbocycles. The monoisotopic (exact) mass is 302 g/mol. The second-order valence-electron chi connectivity index (χ2n) is 3.86. The van der Waals surface area contributed by atoms with Crippen LogP contribution in [0, 0.1) is 0 Å². The number of aliphatic hydroxyl groups excluding tert-OH is 2. The van der Waals surface area contributed by atoms with E-state index in [1.54, 1.807) is 0 Å². The number of nitrogens with zero attached hydrogens (tertiary/aromatic N) is 1. The van der Waals surface area contributed by atoms with E-state index in [0.717, 1.165) is 0 Å². The molecule has 0 radical (unpaired) electrons. The number of carboxylic acids is 1. The van der Waals surface area contributed by atoms with E-state index in [9.17, 15) is 9.59 Å². The third kappa shape index (κ3) is 4.37. The number of anilines is 1. The summed E-state index contributed by atoms with van der Waals surface area (Å²) in [6.07, 6.45) is 0. The van der Waals surface area contributed by atoms with Gasteiger partial charge in [-0.3, -0.25) is 0 Å². The Labute approximate surface area is 120 Å². The number of amides is 2. The van der Waals surface area contributed by atoms with Crippen molar-refractivity contribution in [2.24, 2.45) is 0 Å². The van der Waals surface area contributed by atoms with Crippen LogP contribution in [0.2, 0.25) is 5.02 Å². The molecule has 20 heavy (non-hydrogen) atoms. The van der Waals surface area contributed by atoms with Crippen molar-refractivity contribution in [3.8, 4) is 0 Å². The van der Waals surface area contributed by atoms with E-state index >= 15 is 0 Å². The first-order valence-electron chi connectivity index (χ1n) is 5.80. The molecule has 0 aromatic heterocycles. The van der Waals surface area contributed by atoms with Gasteiger partial charge in [-0.15, -0.1) is 0 Å². The molecule has 0 fully saturated rings. The Morgan fingerprint density at radius 3 is 2.25 bits per heavy atom. The summed E-state index contributed by atoms with van der Waals surface area (Å²) < 4.78 is 0. The van der Waals surface area contributed by atoms with Gasteiger partial charge >= 0.3 is 12.0 Å². The van der Waals surface area contributed by atoms with Crippen LogP contribution in [0.3, 0.4) is 0 Å². The van der Waals surface area contributed by atoms with Crippen molar-refractivity contribution in [2.75, 3.05) is 31.6 Å². The normalized spacial score (nSPS) is 10.2. The summed E-state index contributed by atoms with van der Waals surface area (Å²) in [6.45, 7) is -0.341. The molecule has 0 aliphatic rings. The quantitative estimate of drug-likeness (QED) is 0.623. The number of carbonyl (C=O) groups excluding carboxylic acids is 1. The highest BCUT2D eigenvalue weighted by Crippen LogP contribution is 2.23. The first-order valence-corrected chi connectivity index (χ1v) is 6.18. The Morgan fingerprint density at radius 2 is 1.80 bits per heavy atom. The lowest BCUT2D eigenvalue weighted by molar-refractivity contribution is 0.0697. The van der Waals surface area contributed by atoms with Crippen molar-refractivity contribution >= 4 is 29.3 Å². The summed E-state index contributed by atoms with van der Waals surface area (Å²) in [5.74, 6) is -1.12. The molecule has 1 rings (SSSR count). The smallest absolute Gasteiger partial charge is 0.335 e. The van der Waals surface area contributed by atoms with Gasteiger partial charge in [0.2, 0.25) is 0 Å². The minimum Gasteiger partial charge on any atom is -0.478 e. The Balaban J connectivity index is 2.81. The summed E-state index contributed by atoms with van der Waals surface area (Å²) in [5, 5.41) is 29.0. The molecule has 0 spiro atoms. The van der Waals surface area contributed by atoms with E-state index in [1.807, 2.05) is 0 Å². The third-order valence-electron chi connectivity index (χ3n) is 2.48. The van der Waals surface area contributed by atoms with Crippen molar-refractivity contribution in [2.45, 2.75) is 0 Å². The lowest BCUT2D eigenvalue weighted by Crippen LogP contribution is -2.39. The molecule has 0 heterocycles. The van der Waals surface area contributed by atoms with Crippen LogP contribution in [0.4, 0.5) is 10.5 Å². The Bertz CT molecular complexity index is 489. The van der Waals surface area contributed by atoms with Crippen LogP contribution in [0.1, 0.15) is 10.4 Å². The number of aromatic carboxylic acids is 1. The van der Waals surface area contributed by atoms with Crippen molar-refractivity contribution in [1.82, 2.24) is 4.90 Å². The van der Waals surface area contributed by atoms with E-state index in [4.69, 9.17) is 26.9 Å². The maximum atomic E-state index is 11.9. The number of hydrogen-bond donors (Lipinski definition) is 4. The van der Waals surface area contributed by atoms with Crippen LogP contribution in [-0.4, -0.2) is 58.5 Å². The first kappa shape index (κ1) is 16.2. The molecule has 0 atom stereocenters. The van der Waals surface area contributed by atoms with Gasteiger partial charge in [-0.1, -0.05) is 11.6 Å². The Morgan fingerprint density at radius 1 is 1.20 bits per heavy atom. The van der Waals surface area contributed by atoms with Gasteiger partial charge in [-0.25, -0.2) is 9.59 Å². The molecule has 8 heteroatoms. The predicted octanol–water partition coefficient (Wildman–Crippen LogP) is 0.857. The summed E-state index contributed by atoms with van der Waals surface area (Å²) in [6, 6.07) is 3.37.